The van der Waals surface area contributed by atoms with E-state index < -0.39 is 12.0 Å². The van der Waals surface area contributed by atoms with Crippen LogP contribution in [0.3, 0.4) is 0 Å². The molecule has 5 nitrogen and oxygen atoms in total. The van der Waals surface area contributed by atoms with Gasteiger partial charge < -0.3 is 15.2 Å². The standard InChI is InChI=1S/C8H14N2O3/c1-12-8(11)7(10)3-6-13-5-2-4-9/h7H,2-3,5-6,10H2,1H3. The highest BCUT2D eigenvalue weighted by Crippen LogP contribution is 1.92. The first-order valence-corrected chi connectivity index (χ1v) is 4.00. The van der Waals surface area contributed by atoms with Crippen LogP contribution in [-0.2, 0) is 14.3 Å². The zero-order valence-corrected chi connectivity index (χ0v) is 7.66. The number of carbonyl (C=O) groups excluding carboxylic acids is 1. The molecule has 2 N–H and O–H groups in total. The number of rotatable bonds is 6. The van der Waals surface area contributed by atoms with Crippen LogP contribution < -0.4 is 5.73 Å². The smallest absolute Gasteiger partial charge is 0.322 e. The molecule has 0 bridgehead atoms. The van der Waals surface area contributed by atoms with Crippen LogP contribution in [0.1, 0.15) is 12.8 Å². The molecule has 1 atom stereocenters. The van der Waals surface area contributed by atoms with E-state index in [1.165, 1.54) is 7.11 Å². The van der Waals surface area contributed by atoms with Crippen LogP contribution in [0.5, 0.6) is 0 Å². The van der Waals surface area contributed by atoms with E-state index in [9.17, 15) is 4.79 Å². The van der Waals surface area contributed by atoms with Gasteiger partial charge in [0.2, 0.25) is 0 Å². The zero-order chi connectivity index (χ0) is 10.1. The van der Waals surface area contributed by atoms with E-state index >= 15 is 0 Å². The Hall–Kier alpha value is -1.12. The van der Waals surface area contributed by atoms with Gasteiger partial charge in [-0.1, -0.05) is 0 Å². The minimum atomic E-state index is -0.632. The Morgan fingerprint density at radius 2 is 2.31 bits per heavy atom. The highest BCUT2D eigenvalue weighted by molar-refractivity contribution is 5.75. The van der Waals surface area contributed by atoms with Gasteiger partial charge in [-0.2, -0.15) is 5.26 Å². The fourth-order valence-corrected chi connectivity index (χ4v) is 0.699. The molecule has 0 rings (SSSR count). The molecule has 0 aromatic rings. The Morgan fingerprint density at radius 3 is 2.85 bits per heavy atom. The summed E-state index contributed by atoms with van der Waals surface area (Å²) < 4.78 is 9.45. The summed E-state index contributed by atoms with van der Waals surface area (Å²) in [5, 5.41) is 8.17. The van der Waals surface area contributed by atoms with Crippen LogP contribution in [0, 0.1) is 11.3 Å². The summed E-state index contributed by atoms with van der Waals surface area (Å²) >= 11 is 0. The lowest BCUT2D eigenvalue weighted by Crippen LogP contribution is -2.32. The monoisotopic (exact) mass is 186 g/mol. The largest absolute Gasteiger partial charge is 0.468 e. The molecule has 5 heteroatoms. The summed E-state index contributed by atoms with van der Waals surface area (Å²) in [5.74, 6) is -0.441. The summed E-state index contributed by atoms with van der Waals surface area (Å²) in [5.41, 5.74) is 5.42. The van der Waals surface area contributed by atoms with Crippen molar-refractivity contribution >= 4 is 5.97 Å². The van der Waals surface area contributed by atoms with E-state index in [4.69, 9.17) is 15.7 Å². The summed E-state index contributed by atoms with van der Waals surface area (Å²) in [6.45, 7) is 0.752. The molecule has 0 spiro atoms. The van der Waals surface area contributed by atoms with Gasteiger partial charge in [0.1, 0.15) is 6.04 Å². The topological polar surface area (TPSA) is 85.3 Å². The quantitative estimate of drug-likeness (QED) is 0.459. The van der Waals surface area contributed by atoms with Gasteiger partial charge in [0.25, 0.3) is 0 Å². The van der Waals surface area contributed by atoms with Crippen LogP contribution in [0.25, 0.3) is 0 Å². The lowest BCUT2D eigenvalue weighted by molar-refractivity contribution is -0.142. The van der Waals surface area contributed by atoms with E-state index in [2.05, 4.69) is 4.74 Å². The molecule has 0 aromatic heterocycles. The second-order valence-electron chi connectivity index (χ2n) is 2.44. The number of esters is 1. The third-order valence-electron chi connectivity index (χ3n) is 1.44. The zero-order valence-electron chi connectivity index (χ0n) is 7.66. The van der Waals surface area contributed by atoms with Crippen molar-refractivity contribution in [3.63, 3.8) is 0 Å². The van der Waals surface area contributed by atoms with Crippen molar-refractivity contribution in [1.82, 2.24) is 0 Å². The van der Waals surface area contributed by atoms with Crippen LogP contribution >= 0.6 is 0 Å². The van der Waals surface area contributed by atoms with Crippen LogP contribution in [-0.4, -0.2) is 32.3 Å². The third kappa shape index (κ3) is 6.08. The molecule has 0 saturated carbocycles. The SMILES string of the molecule is COC(=O)C(N)CCOCCC#N. The van der Waals surface area contributed by atoms with Crippen LogP contribution in [0.4, 0.5) is 0 Å². The Kier molecular flexibility index (Phi) is 6.88. The van der Waals surface area contributed by atoms with E-state index in [-0.39, 0.29) is 0 Å². The normalized spacial score (nSPS) is 11.8. The molecule has 0 aliphatic rings. The Balaban J connectivity index is 3.32. The molecule has 0 aromatic carbocycles. The van der Waals surface area contributed by atoms with Crippen molar-refractivity contribution in [3.8, 4) is 6.07 Å². The molecular weight excluding hydrogens is 172 g/mol. The number of nitriles is 1. The fourth-order valence-electron chi connectivity index (χ4n) is 0.699. The van der Waals surface area contributed by atoms with E-state index in [0.29, 0.717) is 26.1 Å². The number of hydrogen-bond acceptors (Lipinski definition) is 5. The third-order valence-corrected chi connectivity index (χ3v) is 1.44. The maximum absolute atomic E-state index is 10.8. The first kappa shape index (κ1) is 11.9. The second kappa shape index (κ2) is 7.53. The molecule has 74 valence electrons. The van der Waals surface area contributed by atoms with Crippen molar-refractivity contribution in [1.29, 1.82) is 5.26 Å². The number of carbonyl (C=O) groups is 1. The molecule has 1 unspecified atom stereocenters. The highest BCUT2D eigenvalue weighted by Gasteiger charge is 2.12. The minimum Gasteiger partial charge on any atom is -0.468 e. The van der Waals surface area contributed by atoms with E-state index in [1.807, 2.05) is 6.07 Å². The van der Waals surface area contributed by atoms with Gasteiger partial charge in [-0.05, 0) is 6.42 Å². The van der Waals surface area contributed by atoms with Crippen LogP contribution in [0.15, 0.2) is 0 Å². The van der Waals surface area contributed by atoms with Crippen LogP contribution in [0.2, 0.25) is 0 Å². The summed E-state index contributed by atoms with van der Waals surface area (Å²) in [4.78, 5) is 10.8. The van der Waals surface area contributed by atoms with E-state index in [1.54, 1.807) is 0 Å². The predicted octanol–water partition coefficient (Wildman–Crippen LogP) is -0.193. The van der Waals surface area contributed by atoms with Gasteiger partial charge in [0.05, 0.1) is 26.2 Å². The average molecular weight is 186 g/mol. The Labute approximate surface area is 77.4 Å². The predicted molar refractivity (Wildman–Crippen MR) is 45.7 cm³/mol. The molecule has 0 amide bonds. The maximum Gasteiger partial charge on any atom is 0.322 e. The van der Waals surface area contributed by atoms with Crippen molar-refractivity contribution in [2.75, 3.05) is 20.3 Å². The van der Waals surface area contributed by atoms with Gasteiger partial charge in [-0.15, -0.1) is 0 Å². The van der Waals surface area contributed by atoms with Crippen molar-refractivity contribution < 1.29 is 14.3 Å². The molecule has 0 fully saturated rings. The molecule has 0 saturated heterocycles. The van der Waals surface area contributed by atoms with Gasteiger partial charge in [0.15, 0.2) is 0 Å². The van der Waals surface area contributed by atoms with Gasteiger partial charge in [0, 0.05) is 6.61 Å². The molecule has 0 aliphatic heterocycles. The molecular formula is C8H14N2O3. The Morgan fingerprint density at radius 1 is 1.62 bits per heavy atom. The summed E-state index contributed by atoms with van der Waals surface area (Å²) in [6.07, 6.45) is 0.769. The molecule has 0 heterocycles. The van der Waals surface area contributed by atoms with Gasteiger partial charge in [-0.25, -0.2) is 0 Å². The first-order chi connectivity index (χ1) is 6.22. The lowest BCUT2D eigenvalue weighted by atomic mass is 10.2. The van der Waals surface area contributed by atoms with Gasteiger partial charge in [-0.3, -0.25) is 4.79 Å². The lowest BCUT2D eigenvalue weighted by Gasteiger charge is -2.08. The number of hydrogen-bond donors (Lipinski definition) is 1. The average Bonchev–Trinajstić information content (AvgIpc) is 2.16. The van der Waals surface area contributed by atoms with Crippen molar-refractivity contribution in [2.24, 2.45) is 5.73 Å². The molecule has 13 heavy (non-hydrogen) atoms. The highest BCUT2D eigenvalue weighted by atomic mass is 16.5. The minimum absolute atomic E-state index is 0.355. The first-order valence-electron chi connectivity index (χ1n) is 4.00. The summed E-state index contributed by atoms with van der Waals surface area (Å²) in [7, 11) is 1.29. The summed E-state index contributed by atoms with van der Waals surface area (Å²) in [6, 6.07) is 1.31. The number of ether oxygens (including phenoxy) is 2. The van der Waals surface area contributed by atoms with Gasteiger partial charge >= 0.3 is 5.97 Å². The van der Waals surface area contributed by atoms with Crippen molar-refractivity contribution in [2.45, 2.75) is 18.9 Å². The van der Waals surface area contributed by atoms with E-state index in [0.717, 1.165) is 0 Å². The molecule has 0 radical (unpaired) electrons. The Bertz CT molecular complexity index is 188. The maximum atomic E-state index is 10.8. The fraction of sp³-hybridized carbons (Fsp3) is 0.750. The van der Waals surface area contributed by atoms with Crippen molar-refractivity contribution in [3.05, 3.63) is 0 Å². The number of methoxy groups -OCH3 is 1. The second-order valence-corrected chi connectivity index (χ2v) is 2.44. The number of nitrogens with two attached hydrogens (primary N) is 1. The number of nitrogens with zero attached hydrogens (tertiary/aromatic N) is 1. The molecule has 0 aliphatic carbocycles.